The zero-order valence-corrected chi connectivity index (χ0v) is 20.8. The number of fused-ring (bicyclic) bond motifs is 1. The maximum Gasteiger partial charge on any atom is 0.301 e. The number of amides is 1. The quantitative estimate of drug-likeness (QED) is 0.209. The lowest BCUT2D eigenvalue weighted by molar-refractivity contribution is -0.132. The van der Waals surface area contributed by atoms with Crippen molar-refractivity contribution < 1.29 is 24.2 Å². The van der Waals surface area contributed by atoms with Crippen LogP contribution in [0.5, 0.6) is 11.5 Å². The second kappa shape index (κ2) is 9.47. The highest BCUT2D eigenvalue weighted by atomic mass is 32.1. The Morgan fingerprint density at radius 1 is 1.06 bits per heavy atom. The zero-order chi connectivity index (χ0) is 25.4. The molecule has 2 heterocycles. The average molecular weight is 501 g/mol. The van der Waals surface area contributed by atoms with Gasteiger partial charge in [0, 0.05) is 5.56 Å². The maximum atomic E-state index is 13.4. The zero-order valence-electron chi connectivity index (χ0n) is 20.0. The molecule has 5 rings (SSSR count). The van der Waals surface area contributed by atoms with E-state index in [0.717, 1.165) is 15.8 Å². The molecule has 0 spiro atoms. The fourth-order valence-corrected chi connectivity index (χ4v) is 5.43. The number of aromatic nitrogens is 1. The fraction of sp³-hybridized carbons (Fsp3) is 0.179. The van der Waals surface area contributed by atoms with Gasteiger partial charge >= 0.3 is 5.91 Å². The Balaban J connectivity index is 1.72. The van der Waals surface area contributed by atoms with Crippen molar-refractivity contribution in [3.63, 3.8) is 0 Å². The van der Waals surface area contributed by atoms with Crippen LogP contribution in [0.2, 0.25) is 0 Å². The lowest BCUT2D eigenvalue weighted by atomic mass is 9.95. The van der Waals surface area contributed by atoms with Crippen molar-refractivity contribution in [1.29, 1.82) is 0 Å². The van der Waals surface area contributed by atoms with Crippen molar-refractivity contribution in [2.45, 2.75) is 19.9 Å². The summed E-state index contributed by atoms with van der Waals surface area (Å²) >= 11 is 1.33. The number of aryl methyl sites for hydroxylation is 1. The highest BCUT2D eigenvalue weighted by Gasteiger charge is 2.48. The van der Waals surface area contributed by atoms with Crippen molar-refractivity contribution >= 4 is 44.1 Å². The summed E-state index contributed by atoms with van der Waals surface area (Å²) in [5.74, 6) is -0.688. The van der Waals surface area contributed by atoms with Crippen LogP contribution in [-0.2, 0) is 9.59 Å². The number of methoxy groups -OCH3 is 1. The molecular formula is C28H24N2O5S. The molecule has 0 radical (unpaired) electrons. The highest BCUT2D eigenvalue weighted by molar-refractivity contribution is 7.22. The summed E-state index contributed by atoms with van der Waals surface area (Å²) in [6.45, 7) is 4.30. The number of aliphatic hydroxyl groups is 1. The van der Waals surface area contributed by atoms with Crippen LogP contribution >= 0.6 is 11.3 Å². The van der Waals surface area contributed by atoms with Crippen LogP contribution in [0.25, 0.3) is 16.0 Å². The molecule has 1 fully saturated rings. The van der Waals surface area contributed by atoms with E-state index in [1.54, 1.807) is 55.6 Å². The minimum atomic E-state index is -0.891. The molecule has 1 N–H and O–H groups in total. The van der Waals surface area contributed by atoms with Crippen LogP contribution in [-0.4, -0.2) is 35.5 Å². The van der Waals surface area contributed by atoms with Gasteiger partial charge in [0.15, 0.2) is 5.13 Å². The Morgan fingerprint density at radius 3 is 2.61 bits per heavy atom. The molecule has 7 nitrogen and oxygen atoms in total. The summed E-state index contributed by atoms with van der Waals surface area (Å²) < 4.78 is 11.9. The number of benzene rings is 3. The van der Waals surface area contributed by atoms with E-state index < -0.39 is 17.7 Å². The van der Waals surface area contributed by atoms with Gasteiger partial charge in [-0.25, -0.2) is 4.98 Å². The molecular weight excluding hydrogens is 476 g/mol. The lowest BCUT2D eigenvalue weighted by Crippen LogP contribution is -2.29. The molecule has 36 heavy (non-hydrogen) atoms. The first-order valence-corrected chi connectivity index (χ1v) is 12.3. The van der Waals surface area contributed by atoms with Crippen molar-refractivity contribution in [3.8, 4) is 11.5 Å². The van der Waals surface area contributed by atoms with Crippen LogP contribution in [0.3, 0.4) is 0 Å². The first-order chi connectivity index (χ1) is 17.4. The van der Waals surface area contributed by atoms with Crippen molar-refractivity contribution in [2.24, 2.45) is 0 Å². The third kappa shape index (κ3) is 4.09. The number of carbonyl (C=O) groups excluding carboxylic acids is 2. The van der Waals surface area contributed by atoms with E-state index >= 15 is 0 Å². The molecule has 1 aliphatic rings. The van der Waals surface area contributed by atoms with Gasteiger partial charge < -0.3 is 14.6 Å². The molecule has 3 aromatic carbocycles. The Labute approximate surface area is 212 Å². The van der Waals surface area contributed by atoms with E-state index in [1.165, 1.54) is 16.2 Å². The molecule has 182 valence electrons. The molecule has 1 amide bonds. The average Bonchev–Trinajstić information content (AvgIpc) is 3.41. The van der Waals surface area contributed by atoms with Crippen LogP contribution in [0.15, 0.2) is 72.3 Å². The predicted molar refractivity (Wildman–Crippen MR) is 140 cm³/mol. The molecule has 1 aliphatic heterocycles. The van der Waals surface area contributed by atoms with E-state index in [9.17, 15) is 14.7 Å². The van der Waals surface area contributed by atoms with Gasteiger partial charge in [-0.2, -0.15) is 0 Å². The Bertz CT molecular complexity index is 1520. The summed E-state index contributed by atoms with van der Waals surface area (Å²) in [4.78, 5) is 32.9. The molecule has 4 aromatic rings. The standard InChI is InChI=1S/C28H24N2O5S/c1-4-35-20-10-6-8-18(15-20)25(31)23-24(17-7-5-9-19(14-17)34-3)30(27(33)26(23)32)28-29-21-12-11-16(2)13-22(21)36-28/h5-15,24,31H,4H2,1-3H3/b25-23+. The lowest BCUT2D eigenvalue weighted by Gasteiger charge is -2.23. The van der Waals surface area contributed by atoms with E-state index in [4.69, 9.17) is 9.47 Å². The number of thiazole rings is 1. The van der Waals surface area contributed by atoms with Gasteiger partial charge in [-0.05, 0) is 61.4 Å². The van der Waals surface area contributed by atoms with Gasteiger partial charge in [-0.1, -0.05) is 41.7 Å². The summed E-state index contributed by atoms with van der Waals surface area (Å²) in [6, 6.07) is 18.9. The summed E-state index contributed by atoms with van der Waals surface area (Å²) in [6.07, 6.45) is 0. The molecule has 0 aliphatic carbocycles. The minimum Gasteiger partial charge on any atom is -0.507 e. The summed E-state index contributed by atoms with van der Waals surface area (Å²) in [5.41, 5.74) is 2.78. The van der Waals surface area contributed by atoms with E-state index in [1.807, 2.05) is 32.0 Å². The first-order valence-electron chi connectivity index (χ1n) is 11.5. The van der Waals surface area contributed by atoms with Gasteiger partial charge in [0.1, 0.15) is 17.3 Å². The number of Topliss-reactive ketones (excluding diaryl/α,β-unsaturated/α-hetero) is 1. The number of hydrogen-bond acceptors (Lipinski definition) is 7. The number of hydrogen-bond donors (Lipinski definition) is 1. The monoisotopic (exact) mass is 500 g/mol. The Kier molecular flexibility index (Phi) is 6.20. The van der Waals surface area contributed by atoms with Gasteiger partial charge in [-0.3, -0.25) is 14.5 Å². The number of carbonyl (C=O) groups is 2. The van der Waals surface area contributed by atoms with Gasteiger partial charge in [-0.15, -0.1) is 0 Å². The molecule has 1 atom stereocenters. The van der Waals surface area contributed by atoms with Crippen LogP contribution in [0, 0.1) is 6.92 Å². The minimum absolute atomic E-state index is 0.0164. The third-order valence-electron chi connectivity index (χ3n) is 6.01. The number of aliphatic hydroxyl groups excluding tert-OH is 1. The molecule has 0 saturated carbocycles. The SMILES string of the molecule is CCOc1cccc(/C(O)=C2\C(=O)C(=O)N(c3nc4ccc(C)cc4s3)C2c2cccc(OC)c2)c1. The second-order valence-electron chi connectivity index (χ2n) is 8.37. The number of nitrogens with zero attached hydrogens (tertiary/aromatic N) is 2. The van der Waals surface area contributed by atoms with Gasteiger partial charge in [0.25, 0.3) is 5.78 Å². The van der Waals surface area contributed by atoms with Gasteiger partial charge in [0.2, 0.25) is 0 Å². The maximum absolute atomic E-state index is 13.4. The smallest absolute Gasteiger partial charge is 0.301 e. The topological polar surface area (TPSA) is 89.0 Å². The molecule has 1 aromatic heterocycles. The predicted octanol–water partition coefficient (Wildman–Crippen LogP) is 5.64. The Morgan fingerprint density at radius 2 is 1.83 bits per heavy atom. The fourth-order valence-electron chi connectivity index (χ4n) is 4.33. The molecule has 0 bridgehead atoms. The molecule has 8 heteroatoms. The summed E-state index contributed by atoms with van der Waals surface area (Å²) in [5, 5.41) is 11.8. The number of anilines is 1. The van der Waals surface area contributed by atoms with Crippen molar-refractivity contribution in [1.82, 2.24) is 4.98 Å². The third-order valence-corrected chi connectivity index (χ3v) is 7.03. The van der Waals surface area contributed by atoms with E-state index in [0.29, 0.717) is 34.4 Å². The van der Waals surface area contributed by atoms with Crippen LogP contribution < -0.4 is 14.4 Å². The second-order valence-corrected chi connectivity index (χ2v) is 9.38. The molecule has 1 saturated heterocycles. The largest absolute Gasteiger partial charge is 0.507 e. The Hall–Kier alpha value is -4.17. The highest BCUT2D eigenvalue weighted by Crippen LogP contribution is 2.45. The van der Waals surface area contributed by atoms with Crippen LogP contribution in [0.4, 0.5) is 5.13 Å². The number of ketones is 1. The summed E-state index contributed by atoms with van der Waals surface area (Å²) in [7, 11) is 1.55. The number of rotatable bonds is 6. The normalized spacial score (nSPS) is 17.1. The first kappa shape index (κ1) is 23.6. The van der Waals surface area contributed by atoms with E-state index in [2.05, 4.69) is 4.98 Å². The van der Waals surface area contributed by atoms with Crippen molar-refractivity contribution in [3.05, 3.63) is 89.0 Å². The van der Waals surface area contributed by atoms with Crippen LogP contribution in [0.1, 0.15) is 29.7 Å². The van der Waals surface area contributed by atoms with Gasteiger partial charge in [0.05, 0.1) is 35.5 Å². The molecule has 1 unspecified atom stereocenters. The van der Waals surface area contributed by atoms with Crippen molar-refractivity contribution in [2.75, 3.05) is 18.6 Å². The van der Waals surface area contributed by atoms with E-state index in [-0.39, 0.29) is 11.3 Å². The number of ether oxygens (including phenoxy) is 2.